The molecule has 1 aromatic carbocycles. The summed E-state index contributed by atoms with van der Waals surface area (Å²) in [5.41, 5.74) is 0.489. The molecule has 0 radical (unpaired) electrons. The minimum Gasteiger partial charge on any atom is -0.387 e. The van der Waals surface area contributed by atoms with Gasteiger partial charge < -0.3 is 10.4 Å². The van der Waals surface area contributed by atoms with Gasteiger partial charge in [0.05, 0.1) is 16.2 Å². The summed E-state index contributed by atoms with van der Waals surface area (Å²) >= 11 is 7.51. The molecule has 2 N–H and O–H groups in total. The standard InChI is InChI=1S/C12H15ClN2OS/c1-12(16,8-17-2)7-15-10-4-3-9(6-14)11(13)5-10/h3-5,15-16H,7-8H2,1-2H3/t12-/m0/s1. The zero-order valence-electron chi connectivity index (χ0n) is 9.83. The zero-order chi connectivity index (χ0) is 12.9. The van der Waals surface area contributed by atoms with Gasteiger partial charge in [0.25, 0.3) is 0 Å². The predicted octanol–water partition coefficient (Wildman–Crippen LogP) is 2.74. The number of rotatable bonds is 5. The van der Waals surface area contributed by atoms with Gasteiger partial charge in [-0.2, -0.15) is 17.0 Å². The van der Waals surface area contributed by atoms with Crippen LogP contribution in [0.3, 0.4) is 0 Å². The second-order valence-electron chi connectivity index (χ2n) is 4.09. The van der Waals surface area contributed by atoms with Crippen LogP contribution in [0, 0.1) is 11.3 Å². The van der Waals surface area contributed by atoms with Crippen LogP contribution in [0.1, 0.15) is 12.5 Å². The summed E-state index contributed by atoms with van der Waals surface area (Å²) < 4.78 is 0. The molecular formula is C12H15ClN2OS. The van der Waals surface area contributed by atoms with Crippen LogP contribution in [-0.4, -0.2) is 29.3 Å². The number of nitrogens with zero attached hydrogens (tertiary/aromatic N) is 1. The van der Waals surface area contributed by atoms with Crippen LogP contribution in [0.15, 0.2) is 18.2 Å². The first-order chi connectivity index (χ1) is 7.98. The van der Waals surface area contributed by atoms with E-state index in [-0.39, 0.29) is 0 Å². The normalized spacial score (nSPS) is 13.8. The van der Waals surface area contributed by atoms with E-state index in [4.69, 9.17) is 16.9 Å². The van der Waals surface area contributed by atoms with Crippen molar-refractivity contribution in [3.63, 3.8) is 0 Å². The average Bonchev–Trinajstić information content (AvgIpc) is 2.27. The Bertz CT molecular complexity index is 429. The quantitative estimate of drug-likeness (QED) is 0.864. The van der Waals surface area contributed by atoms with Crippen LogP contribution in [0.5, 0.6) is 0 Å². The highest BCUT2D eigenvalue weighted by Crippen LogP contribution is 2.21. The smallest absolute Gasteiger partial charge is 0.101 e. The first-order valence-corrected chi connectivity index (χ1v) is 6.90. The maximum atomic E-state index is 9.98. The van der Waals surface area contributed by atoms with Gasteiger partial charge in [-0.05, 0) is 31.4 Å². The molecule has 0 saturated carbocycles. The number of hydrogen-bond donors (Lipinski definition) is 2. The van der Waals surface area contributed by atoms with Crippen molar-refractivity contribution in [1.82, 2.24) is 0 Å². The fourth-order valence-electron chi connectivity index (χ4n) is 1.37. The van der Waals surface area contributed by atoms with Gasteiger partial charge in [0, 0.05) is 18.0 Å². The molecule has 0 bridgehead atoms. The van der Waals surface area contributed by atoms with Crippen molar-refractivity contribution in [3.05, 3.63) is 28.8 Å². The lowest BCUT2D eigenvalue weighted by molar-refractivity contribution is 0.0997. The maximum absolute atomic E-state index is 9.98. The van der Waals surface area contributed by atoms with Crippen molar-refractivity contribution >= 4 is 29.1 Å². The van der Waals surface area contributed by atoms with Gasteiger partial charge in [-0.15, -0.1) is 0 Å². The van der Waals surface area contributed by atoms with E-state index in [0.29, 0.717) is 22.9 Å². The van der Waals surface area contributed by atoms with E-state index in [0.717, 1.165) is 5.69 Å². The molecule has 0 aromatic heterocycles. The summed E-state index contributed by atoms with van der Waals surface area (Å²) in [6.45, 7) is 2.22. The molecule has 0 aliphatic rings. The fourth-order valence-corrected chi connectivity index (χ4v) is 2.32. The van der Waals surface area contributed by atoms with Gasteiger partial charge in [-0.1, -0.05) is 11.6 Å². The number of thioether (sulfide) groups is 1. The molecule has 0 saturated heterocycles. The Morgan fingerprint density at radius 2 is 2.29 bits per heavy atom. The molecule has 0 unspecified atom stereocenters. The highest BCUT2D eigenvalue weighted by molar-refractivity contribution is 7.98. The topological polar surface area (TPSA) is 56.0 Å². The van der Waals surface area contributed by atoms with Crippen LogP contribution >= 0.6 is 23.4 Å². The first-order valence-electron chi connectivity index (χ1n) is 5.13. The van der Waals surface area contributed by atoms with E-state index in [1.54, 1.807) is 36.9 Å². The van der Waals surface area contributed by atoms with E-state index in [9.17, 15) is 5.11 Å². The van der Waals surface area contributed by atoms with Crippen LogP contribution in [0.2, 0.25) is 5.02 Å². The Kier molecular flexibility index (Phi) is 5.13. The Balaban J connectivity index is 2.65. The van der Waals surface area contributed by atoms with Crippen molar-refractivity contribution in [2.75, 3.05) is 23.9 Å². The average molecular weight is 271 g/mol. The molecule has 0 heterocycles. The summed E-state index contributed by atoms with van der Waals surface area (Å²) in [7, 11) is 0. The lowest BCUT2D eigenvalue weighted by Crippen LogP contribution is -2.36. The van der Waals surface area contributed by atoms with E-state index >= 15 is 0 Å². The Hall–Kier alpha value is -0.890. The highest BCUT2D eigenvalue weighted by Gasteiger charge is 2.19. The molecule has 0 aliphatic carbocycles. The third-order valence-corrected chi connectivity index (χ3v) is 3.44. The molecule has 0 amide bonds. The Morgan fingerprint density at radius 3 is 2.82 bits per heavy atom. The fraction of sp³-hybridized carbons (Fsp3) is 0.417. The van der Waals surface area contributed by atoms with E-state index in [2.05, 4.69) is 5.32 Å². The summed E-state index contributed by atoms with van der Waals surface area (Å²) in [6, 6.07) is 7.13. The third kappa shape index (κ3) is 4.47. The molecule has 1 rings (SSSR count). The molecule has 0 spiro atoms. The van der Waals surface area contributed by atoms with Gasteiger partial charge in [-0.25, -0.2) is 0 Å². The van der Waals surface area contributed by atoms with Crippen molar-refractivity contribution in [3.8, 4) is 6.07 Å². The third-order valence-electron chi connectivity index (χ3n) is 2.22. The molecule has 1 aromatic rings. The van der Waals surface area contributed by atoms with Crippen LogP contribution in [0.4, 0.5) is 5.69 Å². The lowest BCUT2D eigenvalue weighted by Gasteiger charge is -2.23. The molecule has 3 nitrogen and oxygen atoms in total. The van der Waals surface area contributed by atoms with Crippen molar-refractivity contribution in [2.24, 2.45) is 0 Å². The molecule has 1 atom stereocenters. The number of aliphatic hydroxyl groups is 1. The molecular weight excluding hydrogens is 256 g/mol. The molecule has 17 heavy (non-hydrogen) atoms. The number of benzene rings is 1. The van der Waals surface area contributed by atoms with E-state index < -0.39 is 5.60 Å². The van der Waals surface area contributed by atoms with E-state index in [1.165, 1.54) is 0 Å². The van der Waals surface area contributed by atoms with Gasteiger partial charge in [0.15, 0.2) is 0 Å². The zero-order valence-corrected chi connectivity index (χ0v) is 11.4. The summed E-state index contributed by atoms with van der Waals surface area (Å²) in [4.78, 5) is 0. The van der Waals surface area contributed by atoms with Gasteiger partial charge in [0.1, 0.15) is 6.07 Å². The minimum absolute atomic E-state index is 0.419. The Morgan fingerprint density at radius 1 is 1.59 bits per heavy atom. The van der Waals surface area contributed by atoms with Crippen molar-refractivity contribution in [2.45, 2.75) is 12.5 Å². The lowest BCUT2D eigenvalue weighted by atomic mass is 10.1. The monoisotopic (exact) mass is 270 g/mol. The minimum atomic E-state index is -0.764. The van der Waals surface area contributed by atoms with Gasteiger partial charge >= 0.3 is 0 Å². The Labute approximate surface area is 111 Å². The molecule has 0 aliphatic heterocycles. The van der Waals surface area contributed by atoms with Gasteiger partial charge in [0.2, 0.25) is 0 Å². The molecule has 0 fully saturated rings. The van der Waals surface area contributed by atoms with Crippen LogP contribution in [-0.2, 0) is 0 Å². The molecule has 5 heteroatoms. The van der Waals surface area contributed by atoms with E-state index in [1.807, 2.05) is 12.3 Å². The highest BCUT2D eigenvalue weighted by atomic mass is 35.5. The maximum Gasteiger partial charge on any atom is 0.101 e. The second-order valence-corrected chi connectivity index (χ2v) is 5.36. The molecule has 92 valence electrons. The van der Waals surface area contributed by atoms with Crippen molar-refractivity contribution in [1.29, 1.82) is 5.26 Å². The predicted molar refractivity (Wildman–Crippen MR) is 73.7 cm³/mol. The summed E-state index contributed by atoms with van der Waals surface area (Å²) in [5, 5.41) is 22.2. The summed E-state index contributed by atoms with van der Waals surface area (Å²) in [5.74, 6) is 0.657. The number of anilines is 1. The SMILES string of the molecule is CSC[C@@](C)(O)CNc1ccc(C#N)c(Cl)c1. The summed E-state index contributed by atoms with van der Waals surface area (Å²) in [6.07, 6.45) is 1.95. The van der Waals surface area contributed by atoms with Crippen LogP contribution in [0.25, 0.3) is 0 Å². The number of nitriles is 1. The van der Waals surface area contributed by atoms with Crippen LogP contribution < -0.4 is 5.32 Å². The number of hydrogen-bond acceptors (Lipinski definition) is 4. The largest absolute Gasteiger partial charge is 0.387 e. The second kappa shape index (κ2) is 6.15. The van der Waals surface area contributed by atoms with Gasteiger partial charge in [-0.3, -0.25) is 0 Å². The van der Waals surface area contributed by atoms with Crippen molar-refractivity contribution < 1.29 is 5.11 Å². The number of halogens is 1. The number of nitrogens with one attached hydrogen (secondary N) is 1. The first kappa shape index (κ1) is 14.2.